The first-order valence-corrected chi connectivity index (χ1v) is 8.70. The second-order valence-corrected chi connectivity index (χ2v) is 5.99. The molecule has 0 bridgehead atoms. The third-order valence-electron chi connectivity index (χ3n) is 4.10. The minimum absolute atomic E-state index is 0.886. The molecule has 1 N–H and O–H groups in total. The molecule has 0 saturated heterocycles. The molecule has 0 heterocycles. The third kappa shape index (κ3) is 4.60. The highest BCUT2D eigenvalue weighted by atomic mass is 14.9. The topological polar surface area (TPSA) is 12.0 Å². The average Bonchev–Trinajstić information content (AvgIpc) is 2.63. The second kappa shape index (κ2) is 8.89. The number of hydrogen-bond donors (Lipinski definition) is 1. The van der Waals surface area contributed by atoms with E-state index in [1.807, 2.05) is 19.1 Å². The van der Waals surface area contributed by atoms with Crippen LogP contribution in [0.25, 0.3) is 17.2 Å². The Kier molecular flexibility index (Phi) is 6.59. The first-order valence-electron chi connectivity index (χ1n) is 8.70. The highest BCUT2D eigenvalue weighted by Gasteiger charge is 2.10. The van der Waals surface area contributed by atoms with Gasteiger partial charge in [-0.3, -0.25) is 0 Å². The van der Waals surface area contributed by atoms with Gasteiger partial charge in [-0.25, -0.2) is 0 Å². The van der Waals surface area contributed by atoms with Crippen LogP contribution in [-0.2, 0) is 0 Å². The van der Waals surface area contributed by atoms with Gasteiger partial charge in [-0.1, -0.05) is 73.4 Å². The lowest BCUT2D eigenvalue weighted by molar-refractivity contribution is 1.21. The first kappa shape index (κ1) is 18.5. The number of nitrogens with one attached hydrogen (secondary N) is 1. The van der Waals surface area contributed by atoms with Crippen molar-refractivity contribution < 1.29 is 0 Å². The van der Waals surface area contributed by atoms with Gasteiger partial charge in [0.2, 0.25) is 0 Å². The molecule has 0 aliphatic rings. The molecule has 0 aliphatic heterocycles. The van der Waals surface area contributed by atoms with Gasteiger partial charge in [-0.2, -0.15) is 0 Å². The fourth-order valence-electron chi connectivity index (χ4n) is 2.80. The summed E-state index contributed by atoms with van der Waals surface area (Å²) in [5.74, 6) is 0. The summed E-state index contributed by atoms with van der Waals surface area (Å²) in [4.78, 5) is 0. The van der Waals surface area contributed by atoms with E-state index in [0.717, 1.165) is 40.1 Å². The summed E-state index contributed by atoms with van der Waals surface area (Å²) in [6, 6.07) is 14.9. The molecule has 1 nitrogen and oxygen atoms in total. The van der Waals surface area contributed by atoms with E-state index in [9.17, 15) is 0 Å². The summed E-state index contributed by atoms with van der Waals surface area (Å²) in [5, 5.41) is 3.38. The van der Waals surface area contributed by atoms with Gasteiger partial charge in [0, 0.05) is 12.2 Å². The monoisotopic (exact) mass is 329 g/mol. The third-order valence-corrected chi connectivity index (χ3v) is 4.10. The molecule has 0 fully saturated rings. The molecule has 0 saturated carbocycles. The van der Waals surface area contributed by atoms with Gasteiger partial charge >= 0.3 is 0 Å². The van der Waals surface area contributed by atoms with E-state index < -0.39 is 0 Å². The Balaban J connectivity index is 2.51. The molecular formula is C24H27N. The lowest BCUT2D eigenvalue weighted by Crippen LogP contribution is -1.99. The predicted molar refractivity (Wildman–Crippen MR) is 114 cm³/mol. The van der Waals surface area contributed by atoms with Gasteiger partial charge in [0.25, 0.3) is 0 Å². The molecule has 0 aliphatic carbocycles. The van der Waals surface area contributed by atoms with Gasteiger partial charge in [0.1, 0.15) is 0 Å². The van der Waals surface area contributed by atoms with Crippen molar-refractivity contribution in [2.45, 2.75) is 20.8 Å². The maximum Gasteiger partial charge on any atom is 0.0413 e. The van der Waals surface area contributed by atoms with Crippen LogP contribution in [0.4, 0.5) is 5.69 Å². The van der Waals surface area contributed by atoms with Crippen LogP contribution in [-0.4, -0.2) is 6.54 Å². The van der Waals surface area contributed by atoms with Crippen molar-refractivity contribution in [3.05, 3.63) is 96.1 Å². The minimum atomic E-state index is 0.886. The van der Waals surface area contributed by atoms with Crippen LogP contribution < -0.4 is 5.32 Å². The Morgan fingerprint density at radius 2 is 1.92 bits per heavy atom. The Morgan fingerprint density at radius 1 is 1.12 bits per heavy atom. The van der Waals surface area contributed by atoms with Crippen LogP contribution in [0.3, 0.4) is 0 Å². The van der Waals surface area contributed by atoms with E-state index in [1.54, 1.807) is 0 Å². The number of allylic oxidation sites excluding steroid dienone is 5. The molecule has 0 radical (unpaired) electrons. The van der Waals surface area contributed by atoms with Crippen LogP contribution in [0.1, 0.15) is 36.1 Å². The molecule has 25 heavy (non-hydrogen) atoms. The fraction of sp³-hybridized carbons (Fsp3) is 0.167. The smallest absolute Gasteiger partial charge is 0.0413 e. The van der Waals surface area contributed by atoms with E-state index in [2.05, 4.69) is 86.9 Å². The molecule has 2 aromatic rings. The molecular weight excluding hydrogens is 302 g/mol. The number of anilines is 1. The van der Waals surface area contributed by atoms with Crippen LogP contribution >= 0.6 is 0 Å². The Hall–Kier alpha value is -2.80. The molecule has 1 heteroatoms. The van der Waals surface area contributed by atoms with E-state index in [1.165, 1.54) is 5.56 Å². The molecule has 128 valence electrons. The quantitative estimate of drug-likeness (QED) is 0.554. The molecule has 0 atom stereocenters. The summed E-state index contributed by atoms with van der Waals surface area (Å²) < 4.78 is 0. The first-order chi connectivity index (χ1) is 12.1. The van der Waals surface area contributed by atoms with E-state index in [0.29, 0.717) is 0 Å². The summed E-state index contributed by atoms with van der Waals surface area (Å²) >= 11 is 0. The van der Waals surface area contributed by atoms with Crippen molar-refractivity contribution in [2.24, 2.45) is 0 Å². The summed E-state index contributed by atoms with van der Waals surface area (Å²) in [7, 11) is 0. The van der Waals surface area contributed by atoms with Crippen molar-refractivity contribution in [1.82, 2.24) is 0 Å². The Morgan fingerprint density at radius 3 is 2.56 bits per heavy atom. The maximum atomic E-state index is 4.37. The van der Waals surface area contributed by atoms with E-state index in [-0.39, 0.29) is 0 Å². The standard InChI is InChI=1S/C24H27N/c1-6-9-13-23(19(5)21-12-10-11-18(4)16-21)22-14-15-24(25-8-3)20(7-2)17-22/h6-7,9-17,25H,2,5,8H2,1,3-4H3/b9-6-,23-13+. The highest BCUT2D eigenvalue weighted by molar-refractivity contribution is 6.05. The van der Waals surface area contributed by atoms with Gasteiger partial charge in [0.15, 0.2) is 0 Å². The van der Waals surface area contributed by atoms with Crippen LogP contribution in [0.15, 0.2) is 73.9 Å². The van der Waals surface area contributed by atoms with E-state index >= 15 is 0 Å². The Labute approximate surface area is 152 Å². The van der Waals surface area contributed by atoms with E-state index in [4.69, 9.17) is 0 Å². The van der Waals surface area contributed by atoms with Crippen LogP contribution in [0.2, 0.25) is 0 Å². The molecule has 2 aromatic carbocycles. The Bertz CT molecular complexity index is 822. The minimum Gasteiger partial charge on any atom is -0.385 e. The fourth-order valence-corrected chi connectivity index (χ4v) is 2.80. The number of hydrogen-bond acceptors (Lipinski definition) is 1. The van der Waals surface area contributed by atoms with Crippen molar-refractivity contribution in [1.29, 1.82) is 0 Å². The molecule has 2 rings (SSSR count). The lowest BCUT2D eigenvalue weighted by atomic mass is 9.91. The largest absolute Gasteiger partial charge is 0.385 e. The average molecular weight is 329 g/mol. The van der Waals surface area contributed by atoms with Crippen molar-refractivity contribution in [2.75, 3.05) is 11.9 Å². The predicted octanol–water partition coefficient (Wildman–Crippen LogP) is 6.74. The van der Waals surface area contributed by atoms with Crippen LogP contribution in [0, 0.1) is 6.92 Å². The summed E-state index contributed by atoms with van der Waals surface area (Å²) in [6.07, 6.45) is 8.11. The van der Waals surface area contributed by atoms with Crippen molar-refractivity contribution in [3.63, 3.8) is 0 Å². The summed E-state index contributed by atoms with van der Waals surface area (Å²) in [5.41, 5.74) is 7.87. The zero-order chi connectivity index (χ0) is 18.2. The van der Waals surface area contributed by atoms with Crippen molar-refractivity contribution in [3.8, 4) is 0 Å². The number of benzene rings is 2. The molecule has 0 amide bonds. The van der Waals surface area contributed by atoms with Gasteiger partial charge in [0.05, 0.1) is 0 Å². The molecule has 0 spiro atoms. The van der Waals surface area contributed by atoms with Crippen molar-refractivity contribution >= 4 is 22.9 Å². The normalized spacial score (nSPS) is 11.6. The van der Waals surface area contributed by atoms with Crippen LogP contribution in [0.5, 0.6) is 0 Å². The van der Waals surface area contributed by atoms with Gasteiger partial charge in [-0.15, -0.1) is 0 Å². The molecule has 0 unspecified atom stereocenters. The second-order valence-electron chi connectivity index (χ2n) is 5.99. The number of aryl methyl sites for hydroxylation is 1. The van der Waals surface area contributed by atoms with Gasteiger partial charge in [-0.05, 0) is 60.7 Å². The maximum absolute atomic E-state index is 4.37. The van der Waals surface area contributed by atoms with Gasteiger partial charge < -0.3 is 5.32 Å². The SMILES string of the molecule is C=Cc1cc(/C(=C/C=C\C)C(=C)c2cccc(C)c2)ccc1NCC. The summed E-state index contributed by atoms with van der Waals surface area (Å²) in [6.45, 7) is 15.4. The zero-order valence-electron chi connectivity index (χ0n) is 15.5. The highest BCUT2D eigenvalue weighted by Crippen LogP contribution is 2.32. The molecule has 0 aromatic heterocycles. The number of rotatable bonds is 7. The zero-order valence-corrected chi connectivity index (χ0v) is 15.5. The lowest BCUT2D eigenvalue weighted by Gasteiger charge is -2.15.